The number of nitrogens with one attached hydrogen (secondary N) is 1. The quantitative estimate of drug-likeness (QED) is 0.679. The zero-order chi connectivity index (χ0) is 18.6. The van der Waals surface area contributed by atoms with Gasteiger partial charge in [0, 0.05) is 46.0 Å². The van der Waals surface area contributed by atoms with E-state index in [2.05, 4.69) is 15.4 Å². The molecule has 25 heavy (non-hydrogen) atoms. The summed E-state index contributed by atoms with van der Waals surface area (Å²) in [6.07, 6.45) is -3.11. The maximum atomic E-state index is 13.0. The lowest BCUT2D eigenvalue weighted by atomic mass is 10.1. The van der Waals surface area contributed by atoms with Crippen LogP contribution in [0.2, 0.25) is 0 Å². The maximum absolute atomic E-state index is 13.0. The monoisotopic (exact) mass is 353 g/mol. The maximum Gasteiger partial charge on any atom is 0.435 e. The molecule has 0 bridgehead atoms. The van der Waals surface area contributed by atoms with E-state index in [1.54, 1.807) is 7.05 Å². The predicted molar refractivity (Wildman–Crippen MR) is 91.1 cm³/mol. The van der Waals surface area contributed by atoms with Gasteiger partial charge in [-0.25, -0.2) is 0 Å². The fourth-order valence-corrected chi connectivity index (χ4v) is 2.51. The fraction of sp³-hybridized carbons (Fsp3) is 0.412. The molecule has 2 rings (SSSR count). The summed E-state index contributed by atoms with van der Waals surface area (Å²) in [4.78, 5) is 5.99. The van der Waals surface area contributed by atoms with E-state index < -0.39 is 11.9 Å². The fourth-order valence-electron chi connectivity index (χ4n) is 2.51. The number of hydrogen-bond acceptors (Lipinski definition) is 2. The molecule has 0 amide bonds. The lowest BCUT2D eigenvalue weighted by molar-refractivity contribution is -0.142. The highest BCUT2D eigenvalue weighted by atomic mass is 19.4. The van der Waals surface area contributed by atoms with Crippen molar-refractivity contribution < 1.29 is 13.2 Å². The van der Waals surface area contributed by atoms with Crippen molar-refractivity contribution in [2.75, 3.05) is 14.1 Å². The van der Waals surface area contributed by atoms with E-state index in [0.29, 0.717) is 12.5 Å². The molecular formula is C17H22F3N5. The van der Waals surface area contributed by atoms with Gasteiger partial charge in [0.1, 0.15) is 0 Å². The lowest BCUT2D eigenvalue weighted by Crippen LogP contribution is -2.38. The minimum absolute atomic E-state index is 0.00635. The van der Waals surface area contributed by atoms with Crippen LogP contribution in [-0.2, 0) is 26.3 Å². The molecule has 1 aromatic carbocycles. The number of aryl methyl sites for hydroxylation is 2. The van der Waals surface area contributed by atoms with E-state index in [1.165, 1.54) is 23.5 Å². The van der Waals surface area contributed by atoms with Crippen LogP contribution in [0.15, 0.2) is 35.5 Å². The van der Waals surface area contributed by atoms with Crippen molar-refractivity contribution in [3.05, 3.63) is 52.8 Å². The molecule has 1 aromatic heterocycles. The van der Waals surface area contributed by atoms with Crippen LogP contribution >= 0.6 is 0 Å². The van der Waals surface area contributed by atoms with Crippen molar-refractivity contribution in [2.24, 2.45) is 12.0 Å². The molecule has 2 aromatic rings. The predicted octanol–water partition coefficient (Wildman–Crippen LogP) is 2.95. The summed E-state index contributed by atoms with van der Waals surface area (Å²) in [5.41, 5.74) is 1.47. The first-order valence-electron chi connectivity index (χ1n) is 7.77. The number of halogens is 3. The molecule has 8 heteroatoms. The van der Waals surface area contributed by atoms with Crippen LogP contribution in [0, 0.1) is 6.92 Å². The van der Waals surface area contributed by atoms with Crippen molar-refractivity contribution in [1.82, 2.24) is 20.0 Å². The topological polar surface area (TPSA) is 45.5 Å². The van der Waals surface area contributed by atoms with Gasteiger partial charge in [0.15, 0.2) is 11.7 Å². The number of guanidine groups is 1. The lowest BCUT2D eigenvalue weighted by Gasteiger charge is -2.22. The van der Waals surface area contributed by atoms with Gasteiger partial charge in [-0.2, -0.15) is 18.3 Å². The Morgan fingerprint density at radius 3 is 2.48 bits per heavy atom. The molecule has 0 atom stereocenters. The second kappa shape index (κ2) is 7.58. The number of alkyl halides is 3. The summed E-state index contributed by atoms with van der Waals surface area (Å²) in [5.74, 6) is 0.512. The van der Waals surface area contributed by atoms with E-state index in [0.717, 1.165) is 5.56 Å². The smallest absolute Gasteiger partial charge is 0.352 e. The van der Waals surface area contributed by atoms with Gasteiger partial charge >= 0.3 is 6.18 Å². The first-order valence-corrected chi connectivity index (χ1v) is 7.77. The standard InChI is InChI=1S/C17H22F3N5/c1-12-5-7-13(8-6-12)10-24(3)16(21-2)22-9-14-11-25(4)23-15(14)17(18,19)20/h5-8,11H,9-10H2,1-4H3,(H,21,22). The molecule has 0 aliphatic heterocycles. The largest absolute Gasteiger partial charge is 0.435 e. The van der Waals surface area contributed by atoms with Gasteiger partial charge in [-0.05, 0) is 12.5 Å². The third-order valence-electron chi connectivity index (χ3n) is 3.72. The zero-order valence-corrected chi connectivity index (χ0v) is 14.7. The molecule has 0 fully saturated rings. The summed E-state index contributed by atoms with van der Waals surface area (Å²) in [6.45, 7) is 2.60. The average Bonchev–Trinajstić information content (AvgIpc) is 2.91. The summed E-state index contributed by atoms with van der Waals surface area (Å²) < 4.78 is 40.2. The van der Waals surface area contributed by atoms with Gasteiger partial charge in [-0.15, -0.1) is 0 Å². The molecule has 5 nitrogen and oxygen atoms in total. The van der Waals surface area contributed by atoms with Crippen LogP contribution < -0.4 is 5.32 Å². The molecular weight excluding hydrogens is 331 g/mol. The molecule has 1 N–H and O–H groups in total. The first kappa shape index (κ1) is 18.8. The van der Waals surface area contributed by atoms with Crippen LogP contribution in [0.1, 0.15) is 22.4 Å². The Kier molecular flexibility index (Phi) is 5.71. The number of rotatable bonds is 4. The summed E-state index contributed by atoms with van der Waals surface area (Å²) in [7, 11) is 4.90. The molecule has 0 aliphatic carbocycles. The number of aliphatic imine (C=N–C) groups is 1. The van der Waals surface area contributed by atoms with Crippen molar-refractivity contribution in [2.45, 2.75) is 26.2 Å². The molecule has 0 spiro atoms. The van der Waals surface area contributed by atoms with Crippen LogP contribution in [-0.4, -0.2) is 34.7 Å². The number of benzene rings is 1. The van der Waals surface area contributed by atoms with Crippen LogP contribution in [0.3, 0.4) is 0 Å². The minimum Gasteiger partial charge on any atom is -0.352 e. The van der Waals surface area contributed by atoms with Gasteiger partial charge in [0.2, 0.25) is 0 Å². The Morgan fingerprint density at radius 1 is 1.28 bits per heavy atom. The normalized spacial score (nSPS) is 12.4. The highest BCUT2D eigenvalue weighted by Gasteiger charge is 2.36. The van der Waals surface area contributed by atoms with Crippen LogP contribution in [0.4, 0.5) is 13.2 Å². The minimum atomic E-state index is -4.48. The van der Waals surface area contributed by atoms with Gasteiger partial charge in [0.05, 0.1) is 0 Å². The molecule has 0 unspecified atom stereocenters. The summed E-state index contributed by atoms with van der Waals surface area (Å²) in [6, 6.07) is 8.07. The molecule has 0 saturated carbocycles. The molecule has 0 aliphatic rings. The molecule has 1 heterocycles. The van der Waals surface area contributed by atoms with Gasteiger partial charge in [-0.3, -0.25) is 9.67 Å². The van der Waals surface area contributed by atoms with Crippen molar-refractivity contribution in [3.8, 4) is 0 Å². The van der Waals surface area contributed by atoms with Gasteiger partial charge in [0.25, 0.3) is 0 Å². The van der Waals surface area contributed by atoms with E-state index in [4.69, 9.17) is 0 Å². The summed E-state index contributed by atoms with van der Waals surface area (Å²) >= 11 is 0. The Hall–Kier alpha value is -2.51. The Balaban J connectivity index is 2.04. The number of hydrogen-bond donors (Lipinski definition) is 1. The van der Waals surface area contributed by atoms with E-state index in [9.17, 15) is 13.2 Å². The Bertz CT molecular complexity index is 732. The van der Waals surface area contributed by atoms with Crippen LogP contribution in [0.25, 0.3) is 0 Å². The third kappa shape index (κ3) is 4.98. The average molecular weight is 353 g/mol. The molecule has 136 valence electrons. The first-order chi connectivity index (χ1) is 11.7. The second-order valence-corrected chi connectivity index (χ2v) is 5.92. The third-order valence-corrected chi connectivity index (χ3v) is 3.72. The van der Waals surface area contributed by atoms with E-state index in [1.807, 2.05) is 43.1 Å². The number of nitrogens with zero attached hydrogens (tertiary/aromatic N) is 4. The summed E-state index contributed by atoms with van der Waals surface area (Å²) in [5, 5.41) is 6.47. The van der Waals surface area contributed by atoms with E-state index >= 15 is 0 Å². The van der Waals surface area contributed by atoms with Crippen LogP contribution in [0.5, 0.6) is 0 Å². The molecule has 0 saturated heterocycles. The zero-order valence-electron chi connectivity index (χ0n) is 14.7. The van der Waals surface area contributed by atoms with Gasteiger partial charge < -0.3 is 10.2 Å². The van der Waals surface area contributed by atoms with Crippen molar-refractivity contribution in [1.29, 1.82) is 0 Å². The SMILES string of the molecule is CN=C(NCc1cn(C)nc1C(F)(F)F)N(C)Cc1ccc(C)cc1. The Labute approximate surface area is 145 Å². The number of aromatic nitrogens is 2. The van der Waals surface area contributed by atoms with E-state index in [-0.39, 0.29) is 12.1 Å². The second-order valence-electron chi connectivity index (χ2n) is 5.92. The highest BCUT2D eigenvalue weighted by Crippen LogP contribution is 2.30. The van der Waals surface area contributed by atoms with Gasteiger partial charge in [-0.1, -0.05) is 29.8 Å². The van der Waals surface area contributed by atoms with Crippen molar-refractivity contribution >= 4 is 5.96 Å². The molecule has 0 radical (unpaired) electrons. The van der Waals surface area contributed by atoms with Crippen molar-refractivity contribution in [3.63, 3.8) is 0 Å². The highest BCUT2D eigenvalue weighted by molar-refractivity contribution is 5.79. The Morgan fingerprint density at radius 2 is 1.92 bits per heavy atom.